The Morgan fingerprint density at radius 3 is 2.53 bits per heavy atom. The maximum Gasteiger partial charge on any atom is 0.274 e. The van der Waals surface area contributed by atoms with Crippen molar-refractivity contribution in [2.24, 2.45) is 10.9 Å². The Morgan fingerprint density at radius 1 is 1.21 bits per heavy atom. The Hall–Kier alpha value is -2.89. The minimum Gasteiger partial charge on any atom is -0.409 e. The number of pyridine rings is 1. The van der Waals surface area contributed by atoms with Crippen LogP contribution in [0.4, 0.5) is 5.69 Å². The van der Waals surface area contributed by atoms with Crippen LogP contribution in [0, 0.1) is 0 Å². The fraction of sp³-hybridized carbons (Fsp3) is 0. The molecule has 0 saturated heterocycles. The molecule has 0 fully saturated rings. The lowest BCUT2D eigenvalue weighted by Crippen LogP contribution is -2.15. The second-order valence-electron chi connectivity index (χ2n) is 3.73. The number of amidine groups is 1. The zero-order valence-corrected chi connectivity index (χ0v) is 9.95. The lowest BCUT2D eigenvalue weighted by Gasteiger charge is -2.05. The number of carbonyl (C=O) groups excluding carboxylic acids is 1. The minimum atomic E-state index is -0.294. The van der Waals surface area contributed by atoms with E-state index in [9.17, 15) is 4.79 Å². The summed E-state index contributed by atoms with van der Waals surface area (Å²) in [7, 11) is 0. The zero-order valence-electron chi connectivity index (χ0n) is 9.95. The third-order valence-corrected chi connectivity index (χ3v) is 2.44. The lowest BCUT2D eigenvalue weighted by atomic mass is 10.2. The SMILES string of the molecule is N/C(=N\O)c1ccc(NC(=O)c2ccccn2)cc1. The number of aromatic nitrogens is 1. The molecule has 0 aliphatic heterocycles. The van der Waals surface area contributed by atoms with Gasteiger partial charge in [-0.3, -0.25) is 9.78 Å². The van der Waals surface area contributed by atoms with Crippen molar-refractivity contribution >= 4 is 17.4 Å². The van der Waals surface area contributed by atoms with Gasteiger partial charge in [-0.2, -0.15) is 0 Å². The summed E-state index contributed by atoms with van der Waals surface area (Å²) in [5, 5.41) is 14.1. The van der Waals surface area contributed by atoms with Crippen LogP contribution in [0.1, 0.15) is 16.1 Å². The molecule has 4 N–H and O–H groups in total. The van der Waals surface area contributed by atoms with E-state index in [1.165, 1.54) is 0 Å². The van der Waals surface area contributed by atoms with Gasteiger partial charge in [0.2, 0.25) is 0 Å². The molecule has 1 heterocycles. The molecule has 1 aromatic heterocycles. The molecule has 0 unspecified atom stereocenters. The Morgan fingerprint density at radius 2 is 1.95 bits per heavy atom. The molecule has 96 valence electrons. The van der Waals surface area contributed by atoms with Crippen molar-refractivity contribution in [2.45, 2.75) is 0 Å². The average molecular weight is 256 g/mol. The third-order valence-electron chi connectivity index (χ3n) is 2.44. The molecule has 0 aliphatic rings. The van der Waals surface area contributed by atoms with Crippen molar-refractivity contribution in [3.05, 3.63) is 59.9 Å². The summed E-state index contributed by atoms with van der Waals surface area (Å²) in [5.74, 6) is -0.278. The summed E-state index contributed by atoms with van der Waals surface area (Å²) in [6, 6.07) is 11.7. The molecule has 0 saturated carbocycles. The van der Waals surface area contributed by atoms with Gasteiger partial charge in [-0.1, -0.05) is 11.2 Å². The van der Waals surface area contributed by atoms with Gasteiger partial charge in [-0.15, -0.1) is 0 Å². The molecular formula is C13H12N4O2. The number of amides is 1. The minimum absolute atomic E-state index is 0.0163. The standard InChI is InChI=1S/C13H12N4O2/c14-12(17-19)9-4-6-10(7-5-9)16-13(18)11-3-1-2-8-15-11/h1-8,19H,(H2,14,17)(H,16,18). The van der Waals surface area contributed by atoms with Crippen LogP contribution in [-0.4, -0.2) is 21.9 Å². The highest BCUT2D eigenvalue weighted by molar-refractivity contribution is 6.03. The smallest absolute Gasteiger partial charge is 0.274 e. The monoisotopic (exact) mass is 256 g/mol. The number of anilines is 1. The van der Waals surface area contributed by atoms with Crippen LogP contribution in [0.25, 0.3) is 0 Å². The van der Waals surface area contributed by atoms with Gasteiger partial charge in [0.15, 0.2) is 5.84 Å². The third kappa shape index (κ3) is 3.06. The van der Waals surface area contributed by atoms with Crippen molar-refractivity contribution in [1.82, 2.24) is 4.98 Å². The molecule has 0 radical (unpaired) electrons. The zero-order chi connectivity index (χ0) is 13.7. The average Bonchev–Trinajstić information content (AvgIpc) is 2.48. The summed E-state index contributed by atoms with van der Waals surface area (Å²) < 4.78 is 0. The molecule has 0 aliphatic carbocycles. The molecule has 0 bridgehead atoms. The summed E-state index contributed by atoms with van der Waals surface area (Å²) in [6.45, 7) is 0. The van der Waals surface area contributed by atoms with Crippen LogP contribution in [0.2, 0.25) is 0 Å². The summed E-state index contributed by atoms with van der Waals surface area (Å²) in [4.78, 5) is 15.8. The van der Waals surface area contributed by atoms with Gasteiger partial charge in [0.1, 0.15) is 5.69 Å². The van der Waals surface area contributed by atoms with Gasteiger partial charge in [0, 0.05) is 17.4 Å². The van der Waals surface area contributed by atoms with Crippen LogP contribution in [0.15, 0.2) is 53.8 Å². The van der Waals surface area contributed by atoms with Crippen LogP contribution < -0.4 is 11.1 Å². The number of oxime groups is 1. The van der Waals surface area contributed by atoms with E-state index in [2.05, 4.69) is 15.5 Å². The van der Waals surface area contributed by atoms with E-state index in [1.807, 2.05) is 0 Å². The first-order valence-corrected chi connectivity index (χ1v) is 5.51. The first kappa shape index (κ1) is 12.6. The van der Waals surface area contributed by atoms with E-state index in [4.69, 9.17) is 10.9 Å². The maximum absolute atomic E-state index is 11.8. The number of rotatable bonds is 3. The van der Waals surface area contributed by atoms with E-state index in [1.54, 1.807) is 48.7 Å². The van der Waals surface area contributed by atoms with Gasteiger partial charge in [0.25, 0.3) is 5.91 Å². The first-order valence-electron chi connectivity index (χ1n) is 5.51. The van der Waals surface area contributed by atoms with Crippen LogP contribution in [0.5, 0.6) is 0 Å². The van der Waals surface area contributed by atoms with Crippen LogP contribution >= 0.6 is 0 Å². The number of nitrogens with one attached hydrogen (secondary N) is 1. The Kier molecular flexibility index (Phi) is 3.72. The Labute approximate surface area is 109 Å². The molecule has 1 amide bonds. The number of hydrogen-bond donors (Lipinski definition) is 3. The van der Waals surface area contributed by atoms with E-state index < -0.39 is 0 Å². The summed E-state index contributed by atoms with van der Waals surface area (Å²) in [5.41, 5.74) is 6.95. The van der Waals surface area contributed by atoms with Gasteiger partial charge in [0.05, 0.1) is 0 Å². The lowest BCUT2D eigenvalue weighted by molar-refractivity contribution is 0.102. The van der Waals surface area contributed by atoms with Crippen molar-refractivity contribution < 1.29 is 10.0 Å². The molecule has 0 atom stereocenters. The van der Waals surface area contributed by atoms with Crippen LogP contribution in [0.3, 0.4) is 0 Å². The number of hydrogen-bond acceptors (Lipinski definition) is 4. The van der Waals surface area contributed by atoms with Crippen molar-refractivity contribution in [3.8, 4) is 0 Å². The quantitative estimate of drug-likeness (QED) is 0.334. The van der Waals surface area contributed by atoms with E-state index in [0.29, 0.717) is 16.9 Å². The number of benzene rings is 1. The first-order chi connectivity index (χ1) is 9.20. The molecule has 0 spiro atoms. The number of nitrogens with zero attached hydrogens (tertiary/aromatic N) is 2. The summed E-state index contributed by atoms with van der Waals surface area (Å²) >= 11 is 0. The molecule has 19 heavy (non-hydrogen) atoms. The van der Waals surface area contributed by atoms with E-state index in [0.717, 1.165) is 0 Å². The molecule has 2 aromatic rings. The molecular weight excluding hydrogens is 244 g/mol. The molecule has 6 nitrogen and oxygen atoms in total. The number of nitrogens with two attached hydrogens (primary N) is 1. The normalized spacial score (nSPS) is 11.1. The van der Waals surface area contributed by atoms with Crippen molar-refractivity contribution in [3.63, 3.8) is 0 Å². The van der Waals surface area contributed by atoms with E-state index in [-0.39, 0.29) is 11.7 Å². The van der Waals surface area contributed by atoms with E-state index >= 15 is 0 Å². The molecule has 1 aromatic carbocycles. The van der Waals surface area contributed by atoms with Crippen LogP contribution in [-0.2, 0) is 0 Å². The number of carbonyl (C=O) groups is 1. The van der Waals surface area contributed by atoms with Gasteiger partial charge in [-0.25, -0.2) is 0 Å². The fourth-order valence-electron chi connectivity index (χ4n) is 1.47. The topological polar surface area (TPSA) is 101 Å². The molecule has 2 rings (SSSR count). The van der Waals surface area contributed by atoms with Crippen molar-refractivity contribution in [2.75, 3.05) is 5.32 Å². The summed E-state index contributed by atoms with van der Waals surface area (Å²) in [6.07, 6.45) is 1.55. The van der Waals surface area contributed by atoms with Gasteiger partial charge in [-0.05, 0) is 36.4 Å². The highest BCUT2D eigenvalue weighted by Gasteiger charge is 2.06. The maximum atomic E-state index is 11.8. The largest absolute Gasteiger partial charge is 0.409 e. The Bertz CT molecular complexity index is 594. The second kappa shape index (κ2) is 5.63. The Balaban J connectivity index is 2.10. The fourth-order valence-corrected chi connectivity index (χ4v) is 1.47. The van der Waals surface area contributed by atoms with Crippen molar-refractivity contribution in [1.29, 1.82) is 0 Å². The predicted octanol–water partition coefficient (Wildman–Crippen LogP) is 1.43. The second-order valence-corrected chi connectivity index (χ2v) is 3.73. The van der Waals surface area contributed by atoms with Gasteiger partial charge >= 0.3 is 0 Å². The van der Waals surface area contributed by atoms with Gasteiger partial charge < -0.3 is 16.3 Å². The highest BCUT2D eigenvalue weighted by atomic mass is 16.4. The highest BCUT2D eigenvalue weighted by Crippen LogP contribution is 2.10. The molecule has 6 heteroatoms. The predicted molar refractivity (Wildman–Crippen MR) is 71.1 cm³/mol.